The van der Waals surface area contributed by atoms with E-state index in [1.165, 1.54) is 41.2 Å². The van der Waals surface area contributed by atoms with Gasteiger partial charge in [0.25, 0.3) is 0 Å². The second-order valence-corrected chi connectivity index (χ2v) is 7.99. The lowest BCUT2D eigenvalue weighted by molar-refractivity contribution is -0.152. The SMILES string of the molecule is CC(=O)N1[C@@H](C(=O)OCC(=O)c2ccc(C)s2)CS[C@H]1c1ccco1. The molecule has 0 aliphatic carbocycles. The number of amides is 1. The van der Waals surface area contributed by atoms with E-state index in [1.54, 1.807) is 18.2 Å². The minimum absolute atomic E-state index is 0.242. The van der Waals surface area contributed by atoms with Gasteiger partial charge in [-0.1, -0.05) is 0 Å². The van der Waals surface area contributed by atoms with E-state index in [1.807, 2.05) is 13.0 Å². The molecule has 3 rings (SSSR count). The monoisotopic (exact) mass is 379 g/mol. The highest BCUT2D eigenvalue weighted by Gasteiger charge is 2.43. The quantitative estimate of drug-likeness (QED) is 0.587. The summed E-state index contributed by atoms with van der Waals surface area (Å²) in [6.45, 7) is 2.99. The summed E-state index contributed by atoms with van der Waals surface area (Å²) in [4.78, 5) is 39.5. The number of thiophene rings is 1. The Morgan fingerprint density at radius 1 is 1.32 bits per heavy atom. The van der Waals surface area contributed by atoms with Gasteiger partial charge in [-0.15, -0.1) is 23.1 Å². The molecule has 2 atom stereocenters. The second-order valence-electron chi connectivity index (χ2n) is 5.58. The van der Waals surface area contributed by atoms with E-state index in [9.17, 15) is 14.4 Å². The Morgan fingerprint density at radius 2 is 2.12 bits per heavy atom. The molecule has 0 unspecified atom stereocenters. The van der Waals surface area contributed by atoms with Gasteiger partial charge < -0.3 is 14.1 Å². The molecule has 0 bridgehead atoms. The Balaban J connectivity index is 1.65. The van der Waals surface area contributed by atoms with Crippen molar-refractivity contribution in [2.24, 2.45) is 0 Å². The summed E-state index contributed by atoms with van der Waals surface area (Å²) in [7, 11) is 0. The van der Waals surface area contributed by atoms with E-state index in [0.29, 0.717) is 16.4 Å². The maximum absolute atomic E-state index is 12.4. The summed E-state index contributed by atoms with van der Waals surface area (Å²) in [5, 5.41) is -0.360. The number of carbonyl (C=O) groups excluding carboxylic acids is 3. The predicted molar refractivity (Wildman–Crippen MR) is 94.6 cm³/mol. The van der Waals surface area contributed by atoms with Crippen LogP contribution >= 0.6 is 23.1 Å². The average Bonchev–Trinajstić information content (AvgIpc) is 3.30. The summed E-state index contributed by atoms with van der Waals surface area (Å²) >= 11 is 2.80. The molecule has 2 aromatic heterocycles. The zero-order valence-electron chi connectivity index (χ0n) is 13.8. The molecule has 132 valence electrons. The van der Waals surface area contributed by atoms with Crippen LogP contribution in [0.4, 0.5) is 0 Å². The van der Waals surface area contributed by atoms with Crippen LogP contribution in [-0.4, -0.2) is 41.0 Å². The van der Waals surface area contributed by atoms with Gasteiger partial charge >= 0.3 is 5.97 Å². The fraction of sp³-hybridized carbons (Fsp3) is 0.353. The number of ether oxygens (including phenoxy) is 1. The van der Waals surface area contributed by atoms with E-state index in [4.69, 9.17) is 9.15 Å². The first-order valence-electron chi connectivity index (χ1n) is 7.67. The Hall–Kier alpha value is -2.06. The molecular formula is C17H17NO5S2. The van der Waals surface area contributed by atoms with Crippen molar-refractivity contribution in [3.63, 3.8) is 0 Å². The third-order valence-corrected chi connectivity index (χ3v) is 6.11. The zero-order chi connectivity index (χ0) is 18.0. The molecule has 0 spiro atoms. The minimum Gasteiger partial charge on any atom is -0.466 e. The Labute approximate surface area is 153 Å². The van der Waals surface area contributed by atoms with Crippen LogP contribution in [0.25, 0.3) is 0 Å². The molecule has 1 fully saturated rings. The van der Waals surface area contributed by atoms with Crippen LogP contribution in [0.3, 0.4) is 0 Å². The number of aryl methyl sites for hydroxylation is 1. The third-order valence-electron chi connectivity index (χ3n) is 3.78. The summed E-state index contributed by atoms with van der Waals surface area (Å²) in [6, 6.07) is 6.34. The summed E-state index contributed by atoms with van der Waals surface area (Å²) < 4.78 is 10.5. The maximum atomic E-state index is 12.4. The van der Waals surface area contributed by atoms with E-state index >= 15 is 0 Å². The molecule has 1 aliphatic rings. The lowest BCUT2D eigenvalue weighted by atomic mass is 10.2. The van der Waals surface area contributed by atoms with Gasteiger partial charge in [-0.2, -0.15) is 0 Å². The number of rotatable bonds is 5. The Morgan fingerprint density at radius 3 is 2.72 bits per heavy atom. The number of hydrogen-bond acceptors (Lipinski definition) is 7. The van der Waals surface area contributed by atoms with Crippen LogP contribution in [-0.2, 0) is 14.3 Å². The van der Waals surface area contributed by atoms with Gasteiger partial charge in [-0.05, 0) is 31.2 Å². The smallest absolute Gasteiger partial charge is 0.330 e. The lowest BCUT2D eigenvalue weighted by Gasteiger charge is -2.25. The van der Waals surface area contributed by atoms with Crippen molar-refractivity contribution >= 4 is 40.8 Å². The van der Waals surface area contributed by atoms with Crippen molar-refractivity contribution < 1.29 is 23.5 Å². The van der Waals surface area contributed by atoms with Crippen LogP contribution in [0.15, 0.2) is 34.9 Å². The van der Waals surface area contributed by atoms with Crippen LogP contribution in [0.5, 0.6) is 0 Å². The second kappa shape index (κ2) is 7.45. The predicted octanol–water partition coefficient (Wildman–Crippen LogP) is 3.04. The molecule has 2 aromatic rings. The summed E-state index contributed by atoms with van der Waals surface area (Å²) in [5.74, 6) is -0.0440. The van der Waals surface area contributed by atoms with Crippen LogP contribution in [0.2, 0.25) is 0 Å². The zero-order valence-corrected chi connectivity index (χ0v) is 15.4. The molecule has 8 heteroatoms. The van der Waals surface area contributed by atoms with Crippen LogP contribution in [0.1, 0.15) is 32.6 Å². The van der Waals surface area contributed by atoms with Crippen LogP contribution in [0, 0.1) is 6.92 Å². The van der Waals surface area contributed by atoms with Gasteiger partial charge in [-0.25, -0.2) is 4.79 Å². The van der Waals surface area contributed by atoms with Crippen LogP contribution < -0.4 is 0 Å². The highest BCUT2D eigenvalue weighted by atomic mass is 32.2. The van der Waals surface area contributed by atoms with Gasteiger partial charge in [0.05, 0.1) is 11.1 Å². The highest BCUT2D eigenvalue weighted by Crippen LogP contribution is 2.41. The van der Waals surface area contributed by atoms with E-state index in [0.717, 1.165) is 4.88 Å². The number of Topliss-reactive ketones (excluding diaryl/α,β-unsaturated/α-hetero) is 1. The van der Waals surface area contributed by atoms with Gasteiger partial charge in [0.15, 0.2) is 6.61 Å². The average molecular weight is 379 g/mol. The third kappa shape index (κ3) is 3.80. The van der Waals surface area contributed by atoms with Crippen molar-refractivity contribution in [1.29, 1.82) is 0 Å². The normalized spacial score (nSPS) is 19.8. The highest BCUT2D eigenvalue weighted by molar-refractivity contribution is 7.99. The fourth-order valence-electron chi connectivity index (χ4n) is 2.61. The number of ketones is 1. The minimum atomic E-state index is -0.726. The maximum Gasteiger partial charge on any atom is 0.330 e. The molecule has 1 amide bonds. The number of esters is 1. The van der Waals surface area contributed by atoms with Gasteiger partial charge in [0.1, 0.15) is 17.2 Å². The first-order chi connectivity index (χ1) is 12.0. The molecule has 1 aliphatic heterocycles. The first-order valence-corrected chi connectivity index (χ1v) is 9.54. The number of carbonyl (C=O) groups is 3. The van der Waals surface area contributed by atoms with E-state index in [2.05, 4.69) is 0 Å². The lowest BCUT2D eigenvalue weighted by Crippen LogP contribution is -2.43. The van der Waals surface area contributed by atoms with Gasteiger partial charge in [0, 0.05) is 17.6 Å². The molecule has 6 nitrogen and oxygen atoms in total. The molecule has 3 heterocycles. The van der Waals surface area contributed by atoms with Crippen molar-refractivity contribution in [1.82, 2.24) is 4.90 Å². The van der Waals surface area contributed by atoms with E-state index in [-0.39, 0.29) is 23.7 Å². The molecule has 0 saturated carbocycles. The molecule has 0 N–H and O–H groups in total. The largest absolute Gasteiger partial charge is 0.466 e. The fourth-order valence-corrected chi connectivity index (χ4v) is 4.82. The summed E-state index contributed by atoms with van der Waals surface area (Å²) in [5.41, 5.74) is 0. The number of hydrogen-bond donors (Lipinski definition) is 0. The van der Waals surface area contributed by atoms with E-state index < -0.39 is 12.0 Å². The van der Waals surface area contributed by atoms with Crippen molar-refractivity contribution in [2.45, 2.75) is 25.3 Å². The standard InChI is InChI=1S/C17H17NO5S2/c1-10-5-6-15(25-10)13(20)8-23-17(21)12-9-24-16(18(12)11(2)19)14-4-3-7-22-14/h3-7,12,16H,8-9H2,1-2H3/t12-,16+/m1/s1. The van der Waals surface area contributed by atoms with Gasteiger partial charge in [-0.3, -0.25) is 9.59 Å². The molecule has 25 heavy (non-hydrogen) atoms. The Bertz CT molecular complexity index is 783. The van der Waals surface area contributed by atoms with Crippen molar-refractivity contribution in [3.8, 4) is 0 Å². The number of furan rings is 1. The number of thioether (sulfide) groups is 1. The number of nitrogens with zero attached hydrogens (tertiary/aromatic N) is 1. The molecule has 0 radical (unpaired) electrons. The first kappa shape index (κ1) is 17.8. The topological polar surface area (TPSA) is 76.8 Å². The van der Waals surface area contributed by atoms with Gasteiger partial charge in [0.2, 0.25) is 11.7 Å². The van der Waals surface area contributed by atoms with Crippen molar-refractivity contribution in [3.05, 3.63) is 46.0 Å². The Kier molecular flexibility index (Phi) is 5.29. The summed E-state index contributed by atoms with van der Waals surface area (Å²) in [6.07, 6.45) is 1.53. The molecule has 0 aromatic carbocycles. The molecular weight excluding hydrogens is 362 g/mol. The van der Waals surface area contributed by atoms with Crippen molar-refractivity contribution in [2.75, 3.05) is 12.4 Å². The molecule has 1 saturated heterocycles.